The molecular formula is C23H27NO4. The van der Waals surface area contributed by atoms with Crippen LogP contribution in [0.3, 0.4) is 0 Å². The van der Waals surface area contributed by atoms with Gasteiger partial charge >= 0.3 is 0 Å². The lowest BCUT2D eigenvalue weighted by atomic mass is 9.87. The number of benzene rings is 2. The van der Waals surface area contributed by atoms with Gasteiger partial charge < -0.3 is 19.5 Å². The molecule has 1 aliphatic heterocycles. The van der Waals surface area contributed by atoms with Gasteiger partial charge in [-0.1, -0.05) is 45.0 Å². The van der Waals surface area contributed by atoms with Crippen molar-refractivity contribution in [2.24, 2.45) is 0 Å². The fraction of sp³-hybridized carbons (Fsp3) is 0.348. The summed E-state index contributed by atoms with van der Waals surface area (Å²) >= 11 is 0. The molecule has 2 aromatic rings. The Hall–Kier alpha value is -2.79. The fourth-order valence-corrected chi connectivity index (χ4v) is 2.91. The van der Waals surface area contributed by atoms with Crippen molar-refractivity contribution in [3.05, 3.63) is 59.7 Å². The number of hydrogen-bond donors (Lipinski definition) is 1. The smallest absolute Gasteiger partial charge is 0.248 e. The highest BCUT2D eigenvalue weighted by Crippen LogP contribution is 2.34. The van der Waals surface area contributed by atoms with Crippen molar-refractivity contribution in [1.82, 2.24) is 0 Å². The van der Waals surface area contributed by atoms with Gasteiger partial charge in [0, 0.05) is 24.9 Å². The van der Waals surface area contributed by atoms with Crippen LogP contribution in [0.1, 0.15) is 31.9 Å². The number of amides is 1. The lowest BCUT2D eigenvalue weighted by molar-refractivity contribution is -0.111. The third kappa shape index (κ3) is 5.14. The Morgan fingerprint density at radius 3 is 2.61 bits per heavy atom. The van der Waals surface area contributed by atoms with Crippen LogP contribution in [0.4, 0.5) is 5.69 Å². The Kier molecular flexibility index (Phi) is 6.05. The molecule has 1 atom stereocenters. The second-order valence-electron chi connectivity index (χ2n) is 7.86. The lowest BCUT2D eigenvalue weighted by Gasteiger charge is -2.26. The van der Waals surface area contributed by atoms with E-state index in [1.807, 2.05) is 12.1 Å². The van der Waals surface area contributed by atoms with E-state index in [2.05, 4.69) is 38.2 Å². The maximum atomic E-state index is 12.2. The van der Waals surface area contributed by atoms with Crippen molar-refractivity contribution < 1.29 is 19.0 Å². The molecule has 1 amide bonds. The van der Waals surface area contributed by atoms with Crippen LogP contribution < -0.4 is 14.8 Å². The molecule has 3 rings (SSSR count). The molecule has 0 aliphatic carbocycles. The Morgan fingerprint density at radius 2 is 1.93 bits per heavy atom. The Labute approximate surface area is 166 Å². The molecule has 5 heteroatoms. The van der Waals surface area contributed by atoms with E-state index in [9.17, 15) is 4.79 Å². The molecule has 0 bridgehead atoms. The molecule has 1 aliphatic rings. The zero-order valence-corrected chi connectivity index (χ0v) is 16.8. The molecule has 5 nitrogen and oxygen atoms in total. The summed E-state index contributed by atoms with van der Waals surface area (Å²) in [5, 5.41) is 2.85. The van der Waals surface area contributed by atoms with Gasteiger partial charge in [0.1, 0.15) is 6.61 Å². The summed E-state index contributed by atoms with van der Waals surface area (Å²) in [4.78, 5) is 12.2. The van der Waals surface area contributed by atoms with Crippen LogP contribution in [0, 0.1) is 0 Å². The van der Waals surface area contributed by atoms with Gasteiger partial charge in [-0.2, -0.15) is 0 Å². The summed E-state index contributed by atoms with van der Waals surface area (Å²) in [5.74, 6) is 1.07. The number of carbonyl (C=O) groups is 1. The topological polar surface area (TPSA) is 56.8 Å². The van der Waals surface area contributed by atoms with Gasteiger partial charge in [-0.15, -0.1) is 0 Å². The van der Waals surface area contributed by atoms with Crippen LogP contribution in [0.2, 0.25) is 0 Å². The predicted octanol–water partition coefficient (Wildman–Crippen LogP) is 4.42. The molecule has 0 spiro atoms. The second-order valence-corrected chi connectivity index (χ2v) is 7.86. The molecule has 0 aromatic heterocycles. The molecule has 0 radical (unpaired) electrons. The molecule has 0 saturated heterocycles. The van der Waals surface area contributed by atoms with Gasteiger partial charge in [-0.25, -0.2) is 0 Å². The SMILES string of the molecule is COC[C@@H]1COc2cc(NC(=O)C=Cc3ccc(C(C)(C)C)cc3)ccc2O1. The summed E-state index contributed by atoms with van der Waals surface area (Å²) in [5.41, 5.74) is 3.01. The van der Waals surface area contributed by atoms with Crippen molar-refractivity contribution in [2.75, 3.05) is 25.6 Å². The van der Waals surface area contributed by atoms with Crippen molar-refractivity contribution in [2.45, 2.75) is 32.3 Å². The minimum absolute atomic E-state index is 0.113. The normalized spacial score (nSPS) is 16.2. The van der Waals surface area contributed by atoms with Crippen molar-refractivity contribution >= 4 is 17.7 Å². The van der Waals surface area contributed by atoms with E-state index < -0.39 is 0 Å². The third-order valence-electron chi connectivity index (χ3n) is 4.49. The van der Waals surface area contributed by atoms with Crippen LogP contribution in [0.5, 0.6) is 11.5 Å². The van der Waals surface area contributed by atoms with Crippen LogP contribution in [0.15, 0.2) is 48.5 Å². The number of nitrogens with one attached hydrogen (secondary N) is 1. The van der Waals surface area contributed by atoms with Gasteiger partial charge in [-0.3, -0.25) is 4.79 Å². The summed E-state index contributed by atoms with van der Waals surface area (Å²) in [6.45, 7) is 7.42. The molecule has 1 N–H and O–H groups in total. The van der Waals surface area contributed by atoms with Gasteiger partial charge in [0.25, 0.3) is 0 Å². The monoisotopic (exact) mass is 381 g/mol. The van der Waals surface area contributed by atoms with Crippen LogP contribution >= 0.6 is 0 Å². The number of methoxy groups -OCH3 is 1. The first-order valence-electron chi connectivity index (χ1n) is 9.37. The number of fused-ring (bicyclic) bond motifs is 1. The van der Waals surface area contributed by atoms with Gasteiger partial charge in [0.2, 0.25) is 5.91 Å². The molecule has 148 valence electrons. The van der Waals surface area contributed by atoms with Crippen molar-refractivity contribution in [3.8, 4) is 11.5 Å². The number of rotatable bonds is 5. The van der Waals surface area contributed by atoms with E-state index in [4.69, 9.17) is 14.2 Å². The number of carbonyl (C=O) groups excluding carboxylic acids is 1. The number of hydrogen-bond acceptors (Lipinski definition) is 4. The average molecular weight is 381 g/mol. The van der Waals surface area contributed by atoms with E-state index in [0.29, 0.717) is 30.4 Å². The zero-order chi connectivity index (χ0) is 20.1. The first-order valence-corrected chi connectivity index (χ1v) is 9.37. The van der Waals surface area contributed by atoms with E-state index in [0.717, 1.165) is 5.56 Å². The first kappa shape index (κ1) is 20.0. The highest BCUT2D eigenvalue weighted by atomic mass is 16.6. The van der Waals surface area contributed by atoms with Crippen molar-refractivity contribution in [1.29, 1.82) is 0 Å². The quantitative estimate of drug-likeness (QED) is 0.779. The minimum atomic E-state index is -0.200. The molecule has 2 aromatic carbocycles. The van der Waals surface area contributed by atoms with E-state index >= 15 is 0 Å². The highest BCUT2D eigenvalue weighted by molar-refractivity contribution is 6.02. The first-order chi connectivity index (χ1) is 13.3. The van der Waals surface area contributed by atoms with Crippen LogP contribution in [-0.2, 0) is 14.9 Å². The van der Waals surface area contributed by atoms with Crippen molar-refractivity contribution in [3.63, 3.8) is 0 Å². The van der Waals surface area contributed by atoms with Crippen LogP contribution in [-0.4, -0.2) is 32.3 Å². The van der Waals surface area contributed by atoms with E-state index in [-0.39, 0.29) is 17.4 Å². The summed E-state index contributed by atoms with van der Waals surface area (Å²) < 4.78 is 16.6. The minimum Gasteiger partial charge on any atom is -0.486 e. The number of ether oxygens (including phenoxy) is 3. The average Bonchev–Trinajstić information content (AvgIpc) is 2.66. The third-order valence-corrected chi connectivity index (χ3v) is 4.49. The Balaban J connectivity index is 1.60. The van der Waals surface area contributed by atoms with Gasteiger partial charge in [-0.05, 0) is 34.8 Å². The largest absolute Gasteiger partial charge is 0.486 e. The second kappa shape index (κ2) is 8.48. The zero-order valence-electron chi connectivity index (χ0n) is 16.8. The lowest BCUT2D eigenvalue weighted by Crippen LogP contribution is -2.33. The fourth-order valence-electron chi connectivity index (χ4n) is 2.91. The highest BCUT2D eigenvalue weighted by Gasteiger charge is 2.21. The van der Waals surface area contributed by atoms with E-state index in [1.54, 1.807) is 31.4 Å². The summed E-state index contributed by atoms with van der Waals surface area (Å²) in [6, 6.07) is 13.6. The molecule has 0 saturated carbocycles. The Bertz CT molecular complexity index is 850. The number of anilines is 1. The van der Waals surface area contributed by atoms with Crippen LogP contribution in [0.25, 0.3) is 6.08 Å². The molecular weight excluding hydrogens is 354 g/mol. The molecule has 1 heterocycles. The van der Waals surface area contributed by atoms with E-state index in [1.165, 1.54) is 11.6 Å². The standard InChI is InChI=1S/C23H27NO4/c1-23(2,3)17-8-5-16(6-9-17)7-12-22(25)24-18-10-11-20-21(13-18)27-15-19(28-20)14-26-4/h5-13,19H,14-15H2,1-4H3,(H,24,25)/t19-/m1/s1. The van der Waals surface area contributed by atoms with Gasteiger partial charge in [0.05, 0.1) is 6.61 Å². The Morgan fingerprint density at radius 1 is 1.18 bits per heavy atom. The molecule has 28 heavy (non-hydrogen) atoms. The molecule has 0 unspecified atom stereocenters. The maximum absolute atomic E-state index is 12.2. The maximum Gasteiger partial charge on any atom is 0.248 e. The predicted molar refractivity (Wildman–Crippen MR) is 111 cm³/mol. The summed E-state index contributed by atoms with van der Waals surface area (Å²) in [7, 11) is 1.63. The summed E-state index contributed by atoms with van der Waals surface area (Å²) in [6.07, 6.45) is 3.21. The molecule has 0 fully saturated rings. The van der Waals surface area contributed by atoms with Gasteiger partial charge in [0.15, 0.2) is 17.6 Å².